The first-order chi connectivity index (χ1) is 21.5. The number of ether oxygens (including phenoxy) is 4. The van der Waals surface area contributed by atoms with Crippen molar-refractivity contribution in [3.63, 3.8) is 0 Å². The van der Waals surface area contributed by atoms with Crippen LogP contribution < -0.4 is 24.8 Å². The van der Waals surface area contributed by atoms with Crippen LogP contribution in [-0.4, -0.2) is 80.2 Å². The lowest BCUT2D eigenvalue weighted by Gasteiger charge is -2.26. The van der Waals surface area contributed by atoms with Gasteiger partial charge in [-0.3, -0.25) is 20.0 Å². The van der Waals surface area contributed by atoms with Crippen molar-refractivity contribution in [2.45, 2.75) is 19.1 Å². The number of methoxy groups -OCH3 is 1. The Labute approximate surface area is 255 Å². The fourth-order valence-corrected chi connectivity index (χ4v) is 4.87. The number of pyridine rings is 1. The molecule has 1 unspecified atom stereocenters. The Morgan fingerprint density at radius 3 is 2.64 bits per heavy atom. The van der Waals surface area contributed by atoms with Crippen LogP contribution in [0.2, 0.25) is 0 Å². The highest BCUT2D eigenvalue weighted by atomic mass is 19.1. The second kappa shape index (κ2) is 15.4. The number of anilines is 1. The van der Waals surface area contributed by atoms with Gasteiger partial charge in [0.1, 0.15) is 5.75 Å². The number of carbonyl (C=O) groups excluding carboxylic acids is 1. The van der Waals surface area contributed by atoms with Gasteiger partial charge in [0, 0.05) is 55.6 Å². The summed E-state index contributed by atoms with van der Waals surface area (Å²) >= 11 is 0. The van der Waals surface area contributed by atoms with Crippen LogP contribution in [0.3, 0.4) is 0 Å². The first-order valence-electron chi connectivity index (χ1n) is 14.6. The number of hydrogen-bond donors (Lipinski definition) is 3. The third-order valence-corrected chi connectivity index (χ3v) is 7.23. The van der Waals surface area contributed by atoms with E-state index in [4.69, 9.17) is 18.9 Å². The molecule has 0 spiro atoms. The van der Waals surface area contributed by atoms with E-state index in [1.165, 1.54) is 12.1 Å². The summed E-state index contributed by atoms with van der Waals surface area (Å²) in [5, 5.41) is 16.1. The van der Waals surface area contributed by atoms with Crippen molar-refractivity contribution in [3.8, 4) is 23.0 Å². The molecular weight excluding hydrogens is 567 g/mol. The molecule has 0 saturated carbocycles. The molecule has 2 heterocycles. The average Bonchev–Trinajstić information content (AvgIpc) is 3.05. The van der Waals surface area contributed by atoms with E-state index in [-0.39, 0.29) is 11.4 Å². The topological polar surface area (TPSA) is 114 Å². The molecule has 1 atom stereocenters. The van der Waals surface area contributed by atoms with Gasteiger partial charge in [0.2, 0.25) is 0 Å². The van der Waals surface area contributed by atoms with Crippen LogP contribution in [0.4, 0.5) is 10.1 Å². The van der Waals surface area contributed by atoms with E-state index in [1.54, 1.807) is 31.5 Å². The van der Waals surface area contributed by atoms with Crippen LogP contribution in [0.25, 0.3) is 10.9 Å². The Morgan fingerprint density at radius 2 is 1.86 bits per heavy atom. The second-order valence-electron chi connectivity index (χ2n) is 10.3. The van der Waals surface area contributed by atoms with Gasteiger partial charge in [-0.05, 0) is 42.7 Å². The van der Waals surface area contributed by atoms with Gasteiger partial charge >= 0.3 is 0 Å². The maximum absolute atomic E-state index is 15.1. The molecule has 1 fully saturated rings. The Hall–Kier alpha value is -4.29. The number of nitrogens with one attached hydrogen (secondary N) is 2. The van der Waals surface area contributed by atoms with Gasteiger partial charge in [-0.1, -0.05) is 30.3 Å². The van der Waals surface area contributed by atoms with E-state index in [0.29, 0.717) is 47.7 Å². The fraction of sp³-hybridized carbons (Fsp3) is 0.333. The molecule has 4 aromatic rings. The smallest absolute Gasteiger partial charge is 0.268 e. The molecule has 3 N–H and O–H groups in total. The third-order valence-electron chi connectivity index (χ3n) is 7.23. The zero-order valence-corrected chi connectivity index (χ0v) is 24.6. The lowest BCUT2D eigenvalue weighted by molar-refractivity contribution is -0.125. The Morgan fingerprint density at radius 1 is 1.05 bits per heavy atom. The normalized spacial score (nSPS) is 14.2. The molecular formula is C33H37FN4O6. The summed E-state index contributed by atoms with van der Waals surface area (Å²) in [6.07, 6.45) is 1.63. The minimum Gasteiger partial charge on any atom is -0.493 e. The zero-order valence-electron chi connectivity index (χ0n) is 24.6. The van der Waals surface area contributed by atoms with E-state index in [1.807, 2.05) is 30.3 Å². The van der Waals surface area contributed by atoms with Gasteiger partial charge in [0.05, 0.1) is 32.4 Å². The molecule has 1 saturated heterocycles. The molecule has 11 heteroatoms. The molecule has 0 radical (unpaired) electrons. The molecule has 1 amide bonds. The summed E-state index contributed by atoms with van der Waals surface area (Å²) < 4.78 is 38.0. The summed E-state index contributed by atoms with van der Waals surface area (Å²) in [7, 11) is 1.56. The van der Waals surface area contributed by atoms with Crippen molar-refractivity contribution in [3.05, 3.63) is 84.3 Å². The predicted molar refractivity (Wildman–Crippen MR) is 165 cm³/mol. The first kappa shape index (κ1) is 31.1. The third kappa shape index (κ3) is 8.42. The Balaban J connectivity index is 1.18. The zero-order chi connectivity index (χ0) is 30.7. The molecule has 232 valence electrons. The molecule has 5 rings (SSSR count). The maximum atomic E-state index is 15.1. The van der Waals surface area contributed by atoms with Gasteiger partial charge < -0.3 is 29.4 Å². The summed E-state index contributed by atoms with van der Waals surface area (Å²) in [6, 6.07) is 18.9. The number of rotatable bonds is 14. The number of aliphatic hydroxyl groups excluding tert-OH is 1. The number of halogens is 1. The molecule has 44 heavy (non-hydrogen) atoms. The van der Waals surface area contributed by atoms with Gasteiger partial charge in [0.15, 0.2) is 29.3 Å². The van der Waals surface area contributed by atoms with Crippen LogP contribution in [0.1, 0.15) is 12.0 Å². The lowest BCUT2D eigenvalue weighted by Crippen LogP contribution is -2.41. The highest BCUT2D eigenvalue weighted by Gasteiger charge is 2.17. The number of aromatic nitrogens is 1. The number of hydrogen-bond acceptors (Lipinski definition) is 9. The van der Waals surface area contributed by atoms with Crippen molar-refractivity contribution < 1.29 is 33.2 Å². The van der Waals surface area contributed by atoms with Gasteiger partial charge in [0.25, 0.3) is 5.91 Å². The summed E-state index contributed by atoms with van der Waals surface area (Å²) in [5.41, 5.74) is 1.86. The van der Waals surface area contributed by atoms with Crippen LogP contribution in [0, 0.1) is 5.82 Å². The van der Waals surface area contributed by atoms with Crippen molar-refractivity contribution in [1.82, 2.24) is 15.2 Å². The Bertz CT molecular complexity index is 1530. The average molecular weight is 605 g/mol. The molecule has 3 aromatic carbocycles. The number of amides is 1. The maximum Gasteiger partial charge on any atom is 0.268 e. The van der Waals surface area contributed by atoms with Crippen LogP contribution in [0.5, 0.6) is 23.0 Å². The largest absolute Gasteiger partial charge is 0.493 e. The van der Waals surface area contributed by atoms with E-state index in [2.05, 4.69) is 20.5 Å². The predicted octanol–water partition coefficient (Wildman–Crippen LogP) is 4.37. The number of fused-ring (bicyclic) bond motifs is 1. The number of aliphatic hydroxyl groups is 1. The number of morpholine rings is 1. The fourth-order valence-electron chi connectivity index (χ4n) is 4.87. The molecule has 1 aliphatic heterocycles. The summed E-state index contributed by atoms with van der Waals surface area (Å²) in [6.45, 7) is 5.23. The van der Waals surface area contributed by atoms with E-state index < -0.39 is 18.0 Å². The van der Waals surface area contributed by atoms with Gasteiger partial charge in [-0.25, -0.2) is 4.39 Å². The van der Waals surface area contributed by atoms with Crippen LogP contribution in [0.15, 0.2) is 72.9 Å². The SMILES string of the molecule is COc1cc2c(Oc3ccc(NC(=O)C(O)NCCc4ccccc4)cc3F)ccnc2cc1OCCCN1CCOCC1. The molecule has 10 nitrogen and oxygen atoms in total. The quantitative estimate of drug-likeness (QED) is 0.143. The van der Waals surface area contributed by atoms with Crippen LogP contribution >= 0.6 is 0 Å². The minimum absolute atomic E-state index is 0.0422. The number of benzene rings is 3. The van der Waals surface area contributed by atoms with E-state index in [0.717, 1.165) is 50.9 Å². The standard InChI is InChI=1S/C33H37FN4O6/c1-41-30-21-25-27(22-31(30)43-17-5-14-38-15-18-42-19-16-38)35-13-11-28(25)44-29-9-8-24(20-26(29)34)37-33(40)32(39)36-12-10-23-6-3-2-4-7-23/h2-4,6-9,11,13,20-22,32,36,39H,5,10,12,14-19H2,1H3,(H,37,40). The van der Waals surface area contributed by atoms with Gasteiger partial charge in [-0.15, -0.1) is 0 Å². The highest BCUT2D eigenvalue weighted by molar-refractivity contribution is 5.93. The lowest BCUT2D eigenvalue weighted by atomic mass is 10.1. The highest BCUT2D eigenvalue weighted by Crippen LogP contribution is 2.38. The number of carbonyl (C=O) groups is 1. The van der Waals surface area contributed by atoms with Crippen molar-refractivity contribution >= 4 is 22.5 Å². The molecule has 1 aliphatic rings. The number of nitrogens with zero attached hydrogens (tertiary/aromatic N) is 2. The Kier molecular flexibility index (Phi) is 10.9. The molecule has 0 aliphatic carbocycles. The molecule has 0 bridgehead atoms. The first-order valence-corrected chi connectivity index (χ1v) is 14.6. The van der Waals surface area contributed by atoms with Crippen molar-refractivity contribution in [2.75, 3.05) is 58.4 Å². The summed E-state index contributed by atoms with van der Waals surface area (Å²) in [5.74, 6) is 0.0233. The van der Waals surface area contributed by atoms with Crippen LogP contribution in [-0.2, 0) is 16.0 Å². The minimum atomic E-state index is -1.45. The van der Waals surface area contributed by atoms with E-state index in [9.17, 15) is 9.90 Å². The second-order valence-corrected chi connectivity index (χ2v) is 10.3. The monoisotopic (exact) mass is 604 g/mol. The van der Waals surface area contributed by atoms with Crippen molar-refractivity contribution in [2.24, 2.45) is 0 Å². The van der Waals surface area contributed by atoms with Crippen molar-refractivity contribution in [1.29, 1.82) is 0 Å². The van der Waals surface area contributed by atoms with Gasteiger partial charge in [-0.2, -0.15) is 0 Å². The summed E-state index contributed by atoms with van der Waals surface area (Å²) in [4.78, 5) is 19.2. The van der Waals surface area contributed by atoms with E-state index >= 15 is 4.39 Å². The molecule has 1 aromatic heterocycles.